The lowest BCUT2D eigenvalue weighted by Crippen LogP contribution is -2.29. The van der Waals surface area contributed by atoms with Crippen molar-refractivity contribution in [3.05, 3.63) is 33.9 Å². The average Bonchev–Trinajstić information content (AvgIpc) is 2.37. The minimum atomic E-state index is -1.01. The first-order chi connectivity index (χ1) is 9.36. The van der Waals surface area contributed by atoms with Crippen molar-refractivity contribution in [2.75, 3.05) is 5.32 Å². The van der Waals surface area contributed by atoms with Crippen LogP contribution in [0.15, 0.2) is 18.2 Å². The summed E-state index contributed by atoms with van der Waals surface area (Å²) in [6.07, 6.45) is 1.10. The van der Waals surface area contributed by atoms with E-state index in [-0.39, 0.29) is 11.3 Å². The summed E-state index contributed by atoms with van der Waals surface area (Å²) in [5.74, 6) is -1.45. The predicted molar refractivity (Wildman–Crippen MR) is 73.1 cm³/mol. The molecular weight excluding hydrogens is 264 g/mol. The lowest BCUT2D eigenvalue weighted by atomic mass is 10.1. The zero-order valence-electron chi connectivity index (χ0n) is 11.3. The average molecular weight is 280 g/mol. The number of ketones is 1. The standard InChI is InChI=1S/C13H16N2O5/c1-3-4-11(13(17)18)14-9-5-6-12(15(19)20)10(7-9)8(2)16/h5-7,11,14H,3-4H2,1-2H3,(H,17,18). The number of carboxylic acid groups (broad SMARTS) is 1. The molecule has 0 fully saturated rings. The van der Waals surface area contributed by atoms with Gasteiger partial charge >= 0.3 is 5.97 Å². The van der Waals surface area contributed by atoms with Crippen molar-refractivity contribution >= 4 is 23.1 Å². The summed E-state index contributed by atoms with van der Waals surface area (Å²) in [4.78, 5) is 32.6. The molecule has 1 aromatic carbocycles. The van der Waals surface area contributed by atoms with Gasteiger partial charge in [0.1, 0.15) is 6.04 Å². The van der Waals surface area contributed by atoms with E-state index in [9.17, 15) is 19.7 Å². The van der Waals surface area contributed by atoms with Crippen LogP contribution < -0.4 is 5.32 Å². The van der Waals surface area contributed by atoms with Gasteiger partial charge in [-0.05, 0) is 25.5 Å². The number of nitro benzene ring substituents is 1. The molecule has 0 saturated carbocycles. The number of anilines is 1. The molecule has 0 saturated heterocycles. The maximum absolute atomic E-state index is 11.4. The molecule has 1 rings (SSSR count). The molecule has 0 spiro atoms. The molecule has 108 valence electrons. The van der Waals surface area contributed by atoms with E-state index in [2.05, 4.69) is 5.32 Å². The molecule has 20 heavy (non-hydrogen) atoms. The molecule has 7 heteroatoms. The molecule has 0 radical (unpaired) electrons. The van der Waals surface area contributed by atoms with Gasteiger partial charge in [-0.1, -0.05) is 13.3 Å². The first-order valence-corrected chi connectivity index (χ1v) is 6.15. The molecular formula is C13H16N2O5. The van der Waals surface area contributed by atoms with Gasteiger partial charge in [-0.15, -0.1) is 0 Å². The molecule has 0 bridgehead atoms. The molecule has 2 N–H and O–H groups in total. The van der Waals surface area contributed by atoms with E-state index < -0.39 is 22.7 Å². The number of rotatable bonds is 7. The fourth-order valence-corrected chi connectivity index (χ4v) is 1.81. The van der Waals surface area contributed by atoms with E-state index >= 15 is 0 Å². The third kappa shape index (κ3) is 3.78. The number of Topliss-reactive ketones (excluding diaryl/α,β-unsaturated/α-hetero) is 1. The van der Waals surface area contributed by atoms with Gasteiger partial charge in [-0.25, -0.2) is 4.79 Å². The number of carboxylic acids is 1. The van der Waals surface area contributed by atoms with Crippen LogP contribution in [0.4, 0.5) is 11.4 Å². The number of nitro groups is 1. The summed E-state index contributed by atoms with van der Waals surface area (Å²) in [5.41, 5.74) is 0.0488. The van der Waals surface area contributed by atoms with E-state index in [0.717, 1.165) is 0 Å². The highest BCUT2D eigenvalue weighted by Gasteiger charge is 2.20. The second-order valence-electron chi connectivity index (χ2n) is 4.37. The van der Waals surface area contributed by atoms with Crippen molar-refractivity contribution in [3.63, 3.8) is 0 Å². The van der Waals surface area contributed by atoms with Gasteiger partial charge in [0.2, 0.25) is 0 Å². The van der Waals surface area contributed by atoms with Crippen LogP contribution in [0.2, 0.25) is 0 Å². The Bertz CT molecular complexity index is 542. The number of nitrogens with one attached hydrogen (secondary N) is 1. The molecule has 0 aliphatic heterocycles. The van der Waals surface area contributed by atoms with Gasteiger partial charge in [0.15, 0.2) is 5.78 Å². The predicted octanol–water partition coefficient (Wildman–Crippen LogP) is 2.46. The molecule has 1 unspecified atom stereocenters. The van der Waals surface area contributed by atoms with Crippen LogP contribution in [-0.2, 0) is 4.79 Å². The fraction of sp³-hybridized carbons (Fsp3) is 0.385. The number of nitrogens with zero attached hydrogens (tertiary/aromatic N) is 1. The molecule has 0 aliphatic carbocycles. The Morgan fingerprint density at radius 2 is 2.10 bits per heavy atom. The fourth-order valence-electron chi connectivity index (χ4n) is 1.81. The second kappa shape index (κ2) is 6.65. The van der Waals surface area contributed by atoms with Crippen molar-refractivity contribution in [1.29, 1.82) is 0 Å². The topological polar surface area (TPSA) is 110 Å². The highest BCUT2D eigenvalue weighted by Crippen LogP contribution is 2.24. The number of carbonyl (C=O) groups excluding carboxylic acids is 1. The first-order valence-electron chi connectivity index (χ1n) is 6.15. The van der Waals surface area contributed by atoms with Gasteiger partial charge in [-0.3, -0.25) is 14.9 Å². The summed E-state index contributed by atoms with van der Waals surface area (Å²) in [5, 5.41) is 22.6. The number of carbonyl (C=O) groups is 2. The third-order valence-corrected chi connectivity index (χ3v) is 2.79. The zero-order chi connectivity index (χ0) is 15.3. The van der Waals surface area contributed by atoms with E-state index in [1.54, 1.807) is 0 Å². The van der Waals surface area contributed by atoms with Gasteiger partial charge in [-0.2, -0.15) is 0 Å². The van der Waals surface area contributed by atoms with Crippen molar-refractivity contribution in [3.8, 4) is 0 Å². The molecule has 0 aliphatic rings. The maximum Gasteiger partial charge on any atom is 0.326 e. The Morgan fingerprint density at radius 3 is 2.55 bits per heavy atom. The lowest BCUT2D eigenvalue weighted by Gasteiger charge is -2.15. The van der Waals surface area contributed by atoms with Crippen molar-refractivity contribution < 1.29 is 19.6 Å². The van der Waals surface area contributed by atoms with Gasteiger partial charge in [0.05, 0.1) is 10.5 Å². The smallest absolute Gasteiger partial charge is 0.326 e. The van der Waals surface area contributed by atoms with E-state index in [0.29, 0.717) is 18.5 Å². The maximum atomic E-state index is 11.4. The summed E-state index contributed by atoms with van der Waals surface area (Å²) >= 11 is 0. The highest BCUT2D eigenvalue weighted by molar-refractivity contribution is 5.99. The molecule has 0 amide bonds. The normalized spacial score (nSPS) is 11.7. The van der Waals surface area contributed by atoms with Crippen LogP contribution in [0, 0.1) is 10.1 Å². The Labute approximate surface area is 115 Å². The number of benzene rings is 1. The number of aliphatic carboxylic acids is 1. The van der Waals surface area contributed by atoms with E-state index in [1.165, 1.54) is 25.1 Å². The Kier molecular flexibility index (Phi) is 5.19. The van der Waals surface area contributed by atoms with Gasteiger partial charge in [0.25, 0.3) is 5.69 Å². The Balaban J connectivity index is 3.08. The molecule has 1 aromatic rings. The van der Waals surface area contributed by atoms with Crippen molar-refractivity contribution in [2.24, 2.45) is 0 Å². The van der Waals surface area contributed by atoms with Crippen LogP contribution in [0.3, 0.4) is 0 Å². The van der Waals surface area contributed by atoms with E-state index in [4.69, 9.17) is 5.11 Å². The number of hydrogen-bond acceptors (Lipinski definition) is 5. The summed E-state index contributed by atoms with van der Waals surface area (Å²) in [6.45, 7) is 3.08. The lowest BCUT2D eigenvalue weighted by molar-refractivity contribution is -0.385. The van der Waals surface area contributed by atoms with E-state index in [1.807, 2.05) is 6.92 Å². The summed E-state index contributed by atoms with van der Waals surface area (Å²) in [6, 6.07) is 3.12. The van der Waals surface area contributed by atoms with Crippen LogP contribution in [0.1, 0.15) is 37.0 Å². The molecule has 0 heterocycles. The largest absolute Gasteiger partial charge is 0.480 e. The minimum absolute atomic E-state index is 0.0411. The number of hydrogen-bond donors (Lipinski definition) is 2. The molecule has 0 aromatic heterocycles. The monoisotopic (exact) mass is 280 g/mol. The molecule has 7 nitrogen and oxygen atoms in total. The van der Waals surface area contributed by atoms with Crippen molar-refractivity contribution in [1.82, 2.24) is 0 Å². The summed E-state index contributed by atoms with van der Waals surface area (Å²) in [7, 11) is 0. The van der Waals surface area contributed by atoms with Crippen LogP contribution in [-0.4, -0.2) is 27.8 Å². The SMILES string of the molecule is CCCC(Nc1ccc([N+](=O)[O-])c(C(C)=O)c1)C(=O)O. The quantitative estimate of drug-likeness (QED) is 0.451. The first kappa shape index (κ1) is 15.6. The van der Waals surface area contributed by atoms with Crippen LogP contribution >= 0.6 is 0 Å². The Hall–Kier alpha value is -2.44. The zero-order valence-corrected chi connectivity index (χ0v) is 11.3. The summed E-state index contributed by atoms with van der Waals surface area (Å²) < 4.78 is 0. The second-order valence-corrected chi connectivity index (χ2v) is 4.37. The minimum Gasteiger partial charge on any atom is -0.480 e. The van der Waals surface area contributed by atoms with Crippen LogP contribution in [0.5, 0.6) is 0 Å². The van der Waals surface area contributed by atoms with Crippen LogP contribution in [0.25, 0.3) is 0 Å². The Morgan fingerprint density at radius 1 is 1.45 bits per heavy atom. The molecule has 1 atom stereocenters. The highest BCUT2D eigenvalue weighted by atomic mass is 16.6. The van der Waals surface area contributed by atoms with Gasteiger partial charge < -0.3 is 10.4 Å². The van der Waals surface area contributed by atoms with Gasteiger partial charge in [0, 0.05) is 11.8 Å². The van der Waals surface area contributed by atoms with Crippen molar-refractivity contribution in [2.45, 2.75) is 32.7 Å². The third-order valence-electron chi connectivity index (χ3n) is 2.79.